The molecule has 0 atom stereocenters. The van der Waals surface area contributed by atoms with Crippen molar-refractivity contribution < 1.29 is 19.1 Å². The Balaban J connectivity index is 2.68. The third-order valence-electron chi connectivity index (χ3n) is 2.30. The number of nitrogens with two attached hydrogens (primary N) is 1. The number of aryl methyl sites for hydroxylation is 1. The van der Waals surface area contributed by atoms with E-state index in [9.17, 15) is 9.59 Å². The van der Waals surface area contributed by atoms with Crippen molar-refractivity contribution in [3.05, 3.63) is 23.5 Å². The third kappa shape index (κ3) is 3.73. The van der Waals surface area contributed by atoms with Gasteiger partial charge in [-0.15, -0.1) is 0 Å². The third-order valence-corrected chi connectivity index (χ3v) is 2.30. The van der Waals surface area contributed by atoms with Crippen molar-refractivity contribution in [2.45, 2.75) is 19.8 Å². The van der Waals surface area contributed by atoms with Gasteiger partial charge in [-0.2, -0.15) is 0 Å². The molecule has 0 spiro atoms. The van der Waals surface area contributed by atoms with E-state index >= 15 is 0 Å². The minimum atomic E-state index is -0.494. The molecule has 98 valence electrons. The molecule has 18 heavy (non-hydrogen) atoms. The van der Waals surface area contributed by atoms with Gasteiger partial charge in [-0.25, -0.2) is 4.79 Å². The molecule has 0 aliphatic rings. The maximum Gasteiger partial charge on any atom is 0.339 e. The van der Waals surface area contributed by atoms with E-state index in [0.29, 0.717) is 24.4 Å². The molecule has 0 fully saturated rings. The van der Waals surface area contributed by atoms with Crippen LogP contribution in [0.5, 0.6) is 0 Å². The number of nitrogens with zero attached hydrogens (tertiary/aromatic N) is 1. The molecule has 1 heterocycles. The zero-order valence-electron chi connectivity index (χ0n) is 10.4. The maximum atomic E-state index is 11.2. The van der Waals surface area contributed by atoms with Crippen LogP contribution in [0, 0.1) is 0 Å². The van der Waals surface area contributed by atoms with Crippen LogP contribution in [-0.2, 0) is 20.7 Å². The average molecular weight is 252 g/mol. The molecule has 0 bridgehead atoms. The number of ether oxygens (including phenoxy) is 2. The van der Waals surface area contributed by atoms with Gasteiger partial charge < -0.3 is 15.2 Å². The van der Waals surface area contributed by atoms with Crippen LogP contribution < -0.4 is 5.73 Å². The van der Waals surface area contributed by atoms with Crippen LogP contribution >= 0.6 is 0 Å². The molecule has 1 aromatic rings. The van der Waals surface area contributed by atoms with Crippen LogP contribution in [-0.4, -0.2) is 30.6 Å². The fourth-order valence-corrected chi connectivity index (χ4v) is 1.40. The van der Waals surface area contributed by atoms with Gasteiger partial charge in [0.1, 0.15) is 0 Å². The molecule has 0 radical (unpaired) electrons. The van der Waals surface area contributed by atoms with Crippen molar-refractivity contribution in [1.82, 2.24) is 4.98 Å². The lowest BCUT2D eigenvalue weighted by molar-refractivity contribution is -0.143. The number of hydrogen-bond donors (Lipinski definition) is 1. The molecular formula is C12H16N2O4. The van der Waals surface area contributed by atoms with E-state index in [1.54, 1.807) is 6.92 Å². The molecule has 6 heteroatoms. The molecule has 1 aromatic heterocycles. The summed E-state index contributed by atoms with van der Waals surface area (Å²) in [5.41, 5.74) is 6.97. The van der Waals surface area contributed by atoms with Gasteiger partial charge in [-0.05, 0) is 13.0 Å². The molecule has 0 unspecified atom stereocenters. The lowest BCUT2D eigenvalue weighted by Gasteiger charge is -2.06. The first kappa shape index (κ1) is 14.0. The Morgan fingerprint density at radius 1 is 1.44 bits per heavy atom. The van der Waals surface area contributed by atoms with E-state index in [1.165, 1.54) is 19.4 Å². The Morgan fingerprint density at radius 3 is 2.72 bits per heavy atom. The summed E-state index contributed by atoms with van der Waals surface area (Å²) in [5, 5.41) is 0. The van der Waals surface area contributed by atoms with E-state index in [4.69, 9.17) is 10.5 Å². The highest BCUT2D eigenvalue weighted by Crippen LogP contribution is 2.14. The highest BCUT2D eigenvalue weighted by Gasteiger charge is 2.11. The van der Waals surface area contributed by atoms with Crippen molar-refractivity contribution in [3.63, 3.8) is 0 Å². The van der Waals surface area contributed by atoms with Gasteiger partial charge in [0.15, 0.2) is 0 Å². The van der Waals surface area contributed by atoms with Gasteiger partial charge >= 0.3 is 11.9 Å². The number of hydrogen-bond acceptors (Lipinski definition) is 6. The smallest absolute Gasteiger partial charge is 0.339 e. The summed E-state index contributed by atoms with van der Waals surface area (Å²) in [5.74, 6) is -0.790. The van der Waals surface area contributed by atoms with Gasteiger partial charge in [0.2, 0.25) is 0 Å². The summed E-state index contributed by atoms with van der Waals surface area (Å²) in [6.45, 7) is 2.10. The number of nitrogen functional groups attached to an aromatic ring is 1. The Bertz CT molecular complexity index is 446. The van der Waals surface area contributed by atoms with E-state index in [2.05, 4.69) is 9.72 Å². The quantitative estimate of drug-likeness (QED) is 0.784. The lowest BCUT2D eigenvalue weighted by Crippen LogP contribution is -2.09. The van der Waals surface area contributed by atoms with Crippen LogP contribution in [0.4, 0.5) is 5.69 Å². The Hall–Kier alpha value is -2.11. The van der Waals surface area contributed by atoms with Gasteiger partial charge in [-0.1, -0.05) is 0 Å². The fraction of sp³-hybridized carbons (Fsp3) is 0.417. The van der Waals surface area contributed by atoms with Crippen molar-refractivity contribution in [1.29, 1.82) is 0 Å². The van der Waals surface area contributed by atoms with Crippen LogP contribution in [0.2, 0.25) is 0 Å². The normalized spacial score (nSPS) is 9.89. The largest absolute Gasteiger partial charge is 0.466 e. The van der Waals surface area contributed by atoms with E-state index in [-0.39, 0.29) is 18.0 Å². The monoisotopic (exact) mass is 252 g/mol. The first-order valence-corrected chi connectivity index (χ1v) is 5.56. The van der Waals surface area contributed by atoms with Crippen LogP contribution in [0.15, 0.2) is 12.3 Å². The van der Waals surface area contributed by atoms with E-state index < -0.39 is 5.97 Å². The number of esters is 2. The SMILES string of the molecule is CCOC(=O)CCc1ncc(C(=O)OC)cc1N. The second-order valence-corrected chi connectivity index (χ2v) is 3.56. The highest BCUT2D eigenvalue weighted by atomic mass is 16.5. The zero-order chi connectivity index (χ0) is 13.5. The zero-order valence-corrected chi connectivity index (χ0v) is 10.4. The van der Waals surface area contributed by atoms with Crippen molar-refractivity contribution in [3.8, 4) is 0 Å². The minimum Gasteiger partial charge on any atom is -0.466 e. The molecule has 0 amide bonds. The topological polar surface area (TPSA) is 91.5 Å². The predicted molar refractivity (Wildman–Crippen MR) is 64.9 cm³/mol. The second-order valence-electron chi connectivity index (χ2n) is 3.56. The second kappa shape index (κ2) is 6.58. The Labute approximate surface area is 105 Å². The number of carbonyl (C=O) groups is 2. The van der Waals surface area contributed by atoms with Crippen LogP contribution in [0.3, 0.4) is 0 Å². The lowest BCUT2D eigenvalue weighted by atomic mass is 10.1. The predicted octanol–water partition coefficient (Wildman–Crippen LogP) is 0.946. The summed E-state index contributed by atoms with van der Waals surface area (Å²) in [6.07, 6.45) is 1.97. The van der Waals surface area contributed by atoms with Crippen LogP contribution in [0.1, 0.15) is 29.4 Å². The van der Waals surface area contributed by atoms with Crippen molar-refractivity contribution in [2.75, 3.05) is 19.5 Å². The van der Waals surface area contributed by atoms with Gasteiger partial charge in [0, 0.05) is 12.6 Å². The number of pyridine rings is 1. The molecule has 0 aliphatic heterocycles. The van der Waals surface area contributed by atoms with Gasteiger partial charge in [-0.3, -0.25) is 9.78 Å². The molecule has 1 rings (SSSR count). The van der Waals surface area contributed by atoms with Gasteiger partial charge in [0.25, 0.3) is 0 Å². The number of anilines is 1. The fourth-order valence-electron chi connectivity index (χ4n) is 1.40. The molecule has 2 N–H and O–H groups in total. The first-order valence-electron chi connectivity index (χ1n) is 5.56. The number of carbonyl (C=O) groups excluding carboxylic acids is 2. The molecule has 6 nitrogen and oxygen atoms in total. The summed E-state index contributed by atoms with van der Waals surface area (Å²) in [4.78, 5) is 26.5. The number of rotatable bonds is 5. The maximum absolute atomic E-state index is 11.2. The Morgan fingerprint density at radius 2 is 2.17 bits per heavy atom. The molecule has 0 saturated carbocycles. The standard InChI is InChI=1S/C12H16N2O4/c1-3-18-11(15)5-4-10-9(13)6-8(7-14-10)12(16)17-2/h6-7H,3-5,13H2,1-2H3. The van der Waals surface area contributed by atoms with E-state index in [1.807, 2.05) is 0 Å². The van der Waals surface area contributed by atoms with E-state index in [0.717, 1.165) is 0 Å². The molecule has 0 saturated heterocycles. The molecule has 0 aromatic carbocycles. The van der Waals surface area contributed by atoms with Crippen molar-refractivity contribution in [2.24, 2.45) is 0 Å². The number of methoxy groups -OCH3 is 1. The first-order chi connectivity index (χ1) is 8.58. The summed E-state index contributed by atoms with van der Waals surface area (Å²) < 4.78 is 9.35. The molecule has 0 aliphatic carbocycles. The highest BCUT2D eigenvalue weighted by molar-refractivity contribution is 5.90. The van der Waals surface area contributed by atoms with Crippen molar-refractivity contribution >= 4 is 17.6 Å². The van der Waals surface area contributed by atoms with Crippen LogP contribution in [0.25, 0.3) is 0 Å². The number of aromatic nitrogens is 1. The average Bonchev–Trinajstić information content (AvgIpc) is 2.36. The summed E-state index contributed by atoms with van der Waals surface area (Å²) in [6, 6.07) is 1.49. The summed E-state index contributed by atoms with van der Waals surface area (Å²) >= 11 is 0. The summed E-state index contributed by atoms with van der Waals surface area (Å²) in [7, 11) is 1.28. The Kier molecular flexibility index (Phi) is 5.10. The molecular weight excluding hydrogens is 236 g/mol. The van der Waals surface area contributed by atoms with Gasteiger partial charge in [0.05, 0.1) is 37.1 Å². The minimum absolute atomic E-state index is 0.211.